The van der Waals surface area contributed by atoms with E-state index < -0.39 is 10.2 Å². The topological polar surface area (TPSA) is 40.6 Å². The average Bonchev–Trinajstić information content (AvgIpc) is 2.38. The molecule has 0 aromatic carbocycles. The van der Waals surface area contributed by atoms with Crippen molar-refractivity contribution in [2.45, 2.75) is 58.5 Å². The van der Waals surface area contributed by atoms with Gasteiger partial charge in [-0.2, -0.15) is 17.0 Å². The summed E-state index contributed by atoms with van der Waals surface area (Å²) in [6, 6.07) is 0.00132. The number of halogens is 1. The molecular formula is C12H25ClN2O2S. The molecule has 0 aromatic rings. The summed E-state index contributed by atoms with van der Waals surface area (Å²) in [5.74, 6) is 0.386. The summed E-state index contributed by atoms with van der Waals surface area (Å²) in [7, 11) is -3.36. The molecule has 0 amide bonds. The molecule has 1 aliphatic rings. The fourth-order valence-electron chi connectivity index (χ4n) is 2.47. The highest BCUT2D eigenvalue weighted by Gasteiger charge is 2.36. The van der Waals surface area contributed by atoms with E-state index in [1.54, 1.807) is 8.61 Å². The number of rotatable bonds is 6. The first-order chi connectivity index (χ1) is 8.48. The zero-order chi connectivity index (χ0) is 13.8. The van der Waals surface area contributed by atoms with Gasteiger partial charge in [0.05, 0.1) is 0 Å². The standard InChI is InChI=1S/C12H25ClN2O2S/c1-4-11(3)14(5-2)18(16,17)15-9-7-6-8-12(15)10-13/h11-12H,4-10H2,1-3H3. The van der Waals surface area contributed by atoms with Crippen LogP contribution in [0.15, 0.2) is 0 Å². The van der Waals surface area contributed by atoms with Crippen LogP contribution in [0.2, 0.25) is 0 Å². The van der Waals surface area contributed by atoms with Crippen LogP contribution in [-0.4, -0.2) is 48.1 Å². The van der Waals surface area contributed by atoms with Crippen molar-refractivity contribution in [1.82, 2.24) is 8.61 Å². The third-order valence-electron chi connectivity index (χ3n) is 3.74. The van der Waals surface area contributed by atoms with Crippen LogP contribution in [-0.2, 0) is 10.2 Å². The van der Waals surface area contributed by atoms with Crippen molar-refractivity contribution in [2.75, 3.05) is 19.0 Å². The lowest BCUT2D eigenvalue weighted by Gasteiger charge is -2.38. The van der Waals surface area contributed by atoms with Gasteiger partial charge in [0.1, 0.15) is 0 Å². The van der Waals surface area contributed by atoms with E-state index in [0.717, 1.165) is 25.7 Å². The highest BCUT2D eigenvalue weighted by atomic mass is 35.5. The van der Waals surface area contributed by atoms with Crippen molar-refractivity contribution in [1.29, 1.82) is 0 Å². The average molecular weight is 297 g/mol. The lowest BCUT2D eigenvalue weighted by molar-refractivity contribution is 0.233. The number of alkyl halides is 1. The van der Waals surface area contributed by atoms with Gasteiger partial charge in [0.2, 0.25) is 0 Å². The second-order valence-corrected chi connectivity index (χ2v) is 7.03. The maximum absolute atomic E-state index is 12.7. The van der Waals surface area contributed by atoms with Gasteiger partial charge in [-0.1, -0.05) is 20.3 Å². The molecule has 2 unspecified atom stereocenters. The molecule has 0 bridgehead atoms. The Morgan fingerprint density at radius 1 is 1.39 bits per heavy atom. The Labute approximate surface area is 116 Å². The van der Waals surface area contributed by atoms with Gasteiger partial charge in [-0.25, -0.2) is 0 Å². The number of piperidine rings is 1. The van der Waals surface area contributed by atoms with Crippen molar-refractivity contribution in [3.05, 3.63) is 0 Å². The van der Waals surface area contributed by atoms with E-state index in [1.165, 1.54) is 0 Å². The van der Waals surface area contributed by atoms with Gasteiger partial charge in [0, 0.05) is 31.1 Å². The fraction of sp³-hybridized carbons (Fsp3) is 1.00. The quantitative estimate of drug-likeness (QED) is 0.707. The molecule has 4 nitrogen and oxygen atoms in total. The Morgan fingerprint density at radius 2 is 2.06 bits per heavy atom. The van der Waals surface area contributed by atoms with Gasteiger partial charge in [-0.15, -0.1) is 11.6 Å². The first-order valence-corrected chi connectivity index (χ1v) is 8.76. The third-order valence-corrected chi connectivity index (χ3v) is 6.38. The largest absolute Gasteiger partial charge is 0.282 e. The number of hydrogen-bond donors (Lipinski definition) is 0. The maximum atomic E-state index is 12.7. The van der Waals surface area contributed by atoms with Crippen molar-refractivity contribution >= 4 is 21.8 Å². The Balaban J connectivity index is 2.95. The van der Waals surface area contributed by atoms with Gasteiger partial charge < -0.3 is 0 Å². The summed E-state index contributed by atoms with van der Waals surface area (Å²) in [5.41, 5.74) is 0. The molecule has 0 aromatic heterocycles. The van der Waals surface area contributed by atoms with E-state index in [-0.39, 0.29) is 12.1 Å². The molecule has 6 heteroatoms. The van der Waals surface area contributed by atoms with Crippen LogP contribution in [0.3, 0.4) is 0 Å². The summed E-state index contributed by atoms with van der Waals surface area (Å²) >= 11 is 5.92. The van der Waals surface area contributed by atoms with Crippen LogP contribution in [0, 0.1) is 0 Å². The maximum Gasteiger partial charge on any atom is 0.282 e. The molecule has 0 saturated carbocycles. The van der Waals surface area contributed by atoms with E-state index in [2.05, 4.69) is 0 Å². The zero-order valence-corrected chi connectivity index (χ0v) is 13.2. The molecule has 18 heavy (non-hydrogen) atoms. The van der Waals surface area contributed by atoms with Crippen LogP contribution >= 0.6 is 11.6 Å². The predicted molar refractivity (Wildman–Crippen MR) is 76.1 cm³/mol. The van der Waals surface area contributed by atoms with Crippen LogP contribution in [0.5, 0.6) is 0 Å². The van der Waals surface area contributed by atoms with E-state index >= 15 is 0 Å². The van der Waals surface area contributed by atoms with Crippen LogP contribution in [0.25, 0.3) is 0 Å². The summed E-state index contributed by atoms with van der Waals surface area (Å²) in [4.78, 5) is 0. The smallest absolute Gasteiger partial charge is 0.195 e. The number of nitrogens with zero attached hydrogens (tertiary/aromatic N) is 2. The Kier molecular flexibility index (Phi) is 6.38. The van der Waals surface area contributed by atoms with E-state index in [0.29, 0.717) is 19.0 Å². The van der Waals surface area contributed by atoms with Gasteiger partial charge in [-0.05, 0) is 26.2 Å². The second kappa shape index (κ2) is 7.08. The summed E-state index contributed by atoms with van der Waals surface area (Å²) in [5, 5.41) is 0. The molecule has 1 fully saturated rings. The Bertz CT molecular complexity index is 348. The number of hydrogen-bond acceptors (Lipinski definition) is 2. The molecule has 0 N–H and O–H groups in total. The second-order valence-electron chi connectivity index (χ2n) is 4.88. The molecule has 1 heterocycles. The Hall–Kier alpha value is 0.160. The van der Waals surface area contributed by atoms with Gasteiger partial charge in [-0.3, -0.25) is 0 Å². The third kappa shape index (κ3) is 3.38. The Morgan fingerprint density at radius 3 is 2.56 bits per heavy atom. The van der Waals surface area contributed by atoms with Crippen molar-refractivity contribution < 1.29 is 8.42 Å². The van der Waals surface area contributed by atoms with E-state index in [4.69, 9.17) is 11.6 Å². The molecular weight excluding hydrogens is 272 g/mol. The summed E-state index contributed by atoms with van der Waals surface area (Å²) in [6.45, 7) is 6.98. The molecule has 0 radical (unpaired) electrons. The molecule has 2 atom stereocenters. The highest BCUT2D eigenvalue weighted by Crippen LogP contribution is 2.25. The van der Waals surface area contributed by atoms with Crippen molar-refractivity contribution in [2.24, 2.45) is 0 Å². The lowest BCUT2D eigenvalue weighted by atomic mass is 10.1. The first-order valence-electron chi connectivity index (χ1n) is 6.83. The summed E-state index contributed by atoms with van der Waals surface area (Å²) < 4.78 is 28.6. The highest BCUT2D eigenvalue weighted by molar-refractivity contribution is 7.86. The lowest BCUT2D eigenvalue weighted by Crippen LogP contribution is -2.53. The minimum absolute atomic E-state index is 0.0384. The van der Waals surface area contributed by atoms with Gasteiger partial charge in [0.15, 0.2) is 0 Å². The van der Waals surface area contributed by atoms with E-state index in [9.17, 15) is 8.42 Å². The molecule has 0 spiro atoms. The normalized spacial score (nSPS) is 24.4. The fourth-order valence-corrected chi connectivity index (χ4v) is 4.99. The SMILES string of the molecule is CCC(C)N(CC)S(=O)(=O)N1CCCCC1CCl. The van der Waals surface area contributed by atoms with Crippen LogP contribution < -0.4 is 0 Å². The van der Waals surface area contributed by atoms with Gasteiger partial charge >= 0.3 is 0 Å². The summed E-state index contributed by atoms with van der Waals surface area (Å²) in [6.07, 6.45) is 3.71. The monoisotopic (exact) mass is 296 g/mol. The minimum Gasteiger partial charge on any atom is -0.195 e. The molecule has 108 valence electrons. The van der Waals surface area contributed by atoms with Gasteiger partial charge in [0.25, 0.3) is 10.2 Å². The molecule has 1 aliphatic heterocycles. The van der Waals surface area contributed by atoms with Crippen molar-refractivity contribution in [3.63, 3.8) is 0 Å². The van der Waals surface area contributed by atoms with Crippen molar-refractivity contribution in [3.8, 4) is 0 Å². The molecule has 1 rings (SSSR count). The first kappa shape index (κ1) is 16.2. The van der Waals surface area contributed by atoms with Crippen LogP contribution in [0.1, 0.15) is 46.5 Å². The van der Waals surface area contributed by atoms with E-state index in [1.807, 2.05) is 20.8 Å². The zero-order valence-electron chi connectivity index (χ0n) is 11.6. The minimum atomic E-state index is -3.36. The molecule has 0 aliphatic carbocycles. The predicted octanol–water partition coefficient (Wildman–Crippen LogP) is 2.44. The van der Waals surface area contributed by atoms with Crippen LogP contribution in [0.4, 0.5) is 0 Å². The molecule has 1 saturated heterocycles.